The van der Waals surface area contributed by atoms with Gasteiger partial charge in [-0.25, -0.2) is 0 Å². The van der Waals surface area contributed by atoms with Crippen molar-refractivity contribution in [2.75, 3.05) is 65.7 Å². The summed E-state index contributed by atoms with van der Waals surface area (Å²) in [6.07, 6.45) is 12.8. The molecule has 160 valence electrons. The molecule has 5 aliphatic rings. The van der Waals surface area contributed by atoms with Crippen LogP contribution in [0.1, 0.15) is 64.2 Å². The van der Waals surface area contributed by atoms with Crippen LogP contribution in [0.2, 0.25) is 0 Å². The molecule has 0 radical (unpaired) electrons. The lowest BCUT2D eigenvalue weighted by Crippen LogP contribution is -2.62. The number of ether oxygens (including phenoxy) is 3. The minimum Gasteiger partial charge on any atom is -0.380 e. The second-order valence-corrected chi connectivity index (χ2v) is 10.6. The van der Waals surface area contributed by atoms with E-state index in [1.807, 2.05) is 0 Å². The highest BCUT2D eigenvalue weighted by Gasteiger charge is 2.47. The lowest BCUT2D eigenvalue weighted by molar-refractivity contribution is -0.172. The molecule has 2 spiro atoms. The first-order valence-electron chi connectivity index (χ1n) is 12.0. The second kappa shape index (κ2) is 8.14. The van der Waals surface area contributed by atoms with Gasteiger partial charge in [0.25, 0.3) is 0 Å². The zero-order valence-corrected chi connectivity index (χ0v) is 17.8. The van der Waals surface area contributed by atoms with Gasteiger partial charge in [-0.1, -0.05) is 0 Å². The van der Waals surface area contributed by atoms with E-state index in [9.17, 15) is 0 Å². The molecular weight excluding hydrogens is 352 g/mol. The van der Waals surface area contributed by atoms with Crippen LogP contribution < -0.4 is 0 Å². The van der Waals surface area contributed by atoms with Gasteiger partial charge in [0.1, 0.15) is 0 Å². The highest BCUT2D eigenvalue weighted by molar-refractivity contribution is 4.99. The summed E-state index contributed by atoms with van der Waals surface area (Å²) in [5.74, 6) is 0. The van der Waals surface area contributed by atoms with E-state index in [0.29, 0.717) is 5.41 Å². The topological polar surface area (TPSA) is 34.2 Å². The number of likely N-dealkylation sites (tertiary alicyclic amines) is 2. The number of hydrogen-bond donors (Lipinski definition) is 0. The maximum absolute atomic E-state index is 6.33. The van der Waals surface area contributed by atoms with E-state index in [0.717, 1.165) is 39.5 Å². The van der Waals surface area contributed by atoms with E-state index in [1.54, 1.807) is 0 Å². The van der Waals surface area contributed by atoms with E-state index in [2.05, 4.69) is 9.80 Å². The van der Waals surface area contributed by atoms with Crippen LogP contribution in [0, 0.1) is 5.41 Å². The Morgan fingerprint density at radius 2 is 1.11 bits per heavy atom. The first-order valence-corrected chi connectivity index (χ1v) is 12.0. The third-order valence-electron chi connectivity index (χ3n) is 8.04. The fraction of sp³-hybridized carbons (Fsp3) is 1.00. The summed E-state index contributed by atoms with van der Waals surface area (Å²) in [7, 11) is 0. The summed E-state index contributed by atoms with van der Waals surface area (Å²) in [5, 5.41) is 0. The van der Waals surface area contributed by atoms with Crippen molar-refractivity contribution in [3.05, 3.63) is 0 Å². The van der Waals surface area contributed by atoms with Crippen molar-refractivity contribution in [2.24, 2.45) is 5.41 Å². The second-order valence-electron chi connectivity index (χ2n) is 10.6. The molecule has 5 fully saturated rings. The fourth-order valence-electron chi connectivity index (χ4n) is 6.69. The monoisotopic (exact) mass is 392 g/mol. The largest absolute Gasteiger partial charge is 0.380 e. The van der Waals surface area contributed by atoms with Gasteiger partial charge in [-0.15, -0.1) is 0 Å². The predicted octanol–water partition coefficient (Wildman–Crippen LogP) is 3.07. The smallest absolute Gasteiger partial charge is 0.0809 e. The van der Waals surface area contributed by atoms with Crippen molar-refractivity contribution in [3.8, 4) is 0 Å². The molecule has 0 aromatic carbocycles. The van der Waals surface area contributed by atoms with Gasteiger partial charge >= 0.3 is 0 Å². The summed E-state index contributed by atoms with van der Waals surface area (Å²) >= 11 is 0. The summed E-state index contributed by atoms with van der Waals surface area (Å²) < 4.78 is 18.4. The molecule has 0 aliphatic carbocycles. The Morgan fingerprint density at radius 3 is 1.50 bits per heavy atom. The van der Waals surface area contributed by atoms with E-state index in [-0.39, 0.29) is 11.2 Å². The highest BCUT2D eigenvalue weighted by Crippen LogP contribution is 2.39. The average Bonchev–Trinajstić information content (AvgIpc) is 2.68. The fourth-order valence-corrected chi connectivity index (χ4v) is 6.69. The first-order chi connectivity index (χ1) is 13.7. The van der Waals surface area contributed by atoms with E-state index >= 15 is 0 Å². The van der Waals surface area contributed by atoms with Crippen molar-refractivity contribution in [1.29, 1.82) is 0 Å². The molecule has 28 heavy (non-hydrogen) atoms. The van der Waals surface area contributed by atoms with Crippen molar-refractivity contribution < 1.29 is 14.2 Å². The first kappa shape index (κ1) is 19.7. The van der Waals surface area contributed by atoms with E-state index < -0.39 is 0 Å². The van der Waals surface area contributed by atoms with Crippen LogP contribution >= 0.6 is 0 Å². The van der Waals surface area contributed by atoms with Gasteiger partial charge in [0.15, 0.2) is 0 Å². The molecular formula is C23H40N2O3. The molecule has 0 N–H and O–H groups in total. The Morgan fingerprint density at radius 1 is 0.607 bits per heavy atom. The Balaban J connectivity index is 1.20. The lowest BCUT2D eigenvalue weighted by Gasteiger charge is -2.53. The zero-order valence-electron chi connectivity index (χ0n) is 17.8. The van der Waals surface area contributed by atoms with Crippen LogP contribution in [0.25, 0.3) is 0 Å². The Kier molecular flexibility index (Phi) is 5.74. The van der Waals surface area contributed by atoms with Gasteiger partial charge in [-0.3, -0.25) is 9.80 Å². The molecule has 5 saturated heterocycles. The van der Waals surface area contributed by atoms with Crippen LogP contribution in [0.15, 0.2) is 0 Å². The molecule has 5 nitrogen and oxygen atoms in total. The molecule has 2 unspecified atom stereocenters. The minimum absolute atomic E-state index is 0.160. The van der Waals surface area contributed by atoms with Gasteiger partial charge in [0.05, 0.1) is 24.4 Å². The summed E-state index contributed by atoms with van der Waals surface area (Å²) in [5.41, 5.74) is 0.640. The third kappa shape index (κ3) is 4.15. The Labute approximate surface area is 171 Å². The molecule has 5 rings (SSSR count). The van der Waals surface area contributed by atoms with Crippen molar-refractivity contribution in [1.82, 2.24) is 9.80 Å². The number of rotatable bonds is 4. The number of piperidine rings is 2. The summed E-state index contributed by atoms with van der Waals surface area (Å²) in [6, 6.07) is 0. The molecule has 5 aliphatic heterocycles. The molecule has 0 bridgehead atoms. The van der Waals surface area contributed by atoms with Crippen molar-refractivity contribution >= 4 is 0 Å². The third-order valence-corrected chi connectivity index (χ3v) is 8.04. The molecule has 0 aromatic heterocycles. The lowest BCUT2D eigenvalue weighted by atomic mass is 9.80. The van der Waals surface area contributed by atoms with Gasteiger partial charge in [-0.05, 0) is 77.3 Å². The molecule has 0 amide bonds. The molecule has 0 saturated carbocycles. The number of nitrogens with zero attached hydrogens (tertiary/aromatic N) is 2. The summed E-state index contributed by atoms with van der Waals surface area (Å²) in [4.78, 5) is 5.43. The SMILES string of the molecule is C1CCC2(CCCN(CC3(CN4CCCC5(CCCCO5)C4)COC3)C2)OC1. The standard InChI is InChI=1S/C23H40N2O3/c1-3-13-27-22(7-1)9-5-11-24(17-22)15-21(19-26-20-21)16-25-12-6-10-23(18-25)8-2-4-14-28-23/h1-20H2. The quantitative estimate of drug-likeness (QED) is 0.735. The van der Waals surface area contributed by atoms with Gasteiger partial charge in [-0.2, -0.15) is 0 Å². The van der Waals surface area contributed by atoms with Crippen LogP contribution in [0.4, 0.5) is 0 Å². The molecule has 2 atom stereocenters. The Hall–Kier alpha value is -0.200. The van der Waals surface area contributed by atoms with Crippen LogP contribution in [-0.2, 0) is 14.2 Å². The van der Waals surface area contributed by atoms with Crippen LogP contribution in [0.3, 0.4) is 0 Å². The van der Waals surface area contributed by atoms with E-state index in [1.165, 1.54) is 90.4 Å². The molecule has 5 heteroatoms. The van der Waals surface area contributed by atoms with Gasteiger partial charge in [0.2, 0.25) is 0 Å². The van der Waals surface area contributed by atoms with Crippen LogP contribution in [-0.4, -0.2) is 86.7 Å². The number of hydrogen-bond acceptors (Lipinski definition) is 5. The van der Waals surface area contributed by atoms with Gasteiger partial charge < -0.3 is 14.2 Å². The van der Waals surface area contributed by atoms with Gasteiger partial charge in [0, 0.05) is 44.8 Å². The zero-order chi connectivity index (χ0) is 18.9. The summed E-state index contributed by atoms with van der Waals surface area (Å²) in [6.45, 7) is 10.9. The van der Waals surface area contributed by atoms with Crippen molar-refractivity contribution in [3.63, 3.8) is 0 Å². The normalized spacial score (nSPS) is 39.9. The average molecular weight is 393 g/mol. The van der Waals surface area contributed by atoms with Crippen molar-refractivity contribution in [2.45, 2.75) is 75.4 Å². The maximum Gasteiger partial charge on any atom is 0.0809 e. The van der Waals surface area contributed by atoms with Crippen LogP contribution in [0.5, 0.6) is 0 Å². The predicted molar refractivity (Wildman–Crippen MR) is 110 cm³/mol. The maximum atomic E-state index is 6.33. The molecule has 0 aromatic rings. The Bertz CT molecular complexity index is 471. The minimum atomic E-state index is 0.160. The highest BCUT2D eigenvalue weighted by atomic mass is 16.5. The van der Waals surface area contributed by atoms with E-state index in [4.69, 9.17) is 14.2 Å². The molecule has 5 heterocycles.